The largest absolute Gasteiger partial charge is 0.342 e. The number of hydrogen-bond donors (Lipinski definition) is 1. The summed E-state index contributed by atoms with van der Waals surface area (Å²) in [6.45, 7) is 3.89. The number of sulfonamides is 1. The van der Waals surface area contributed by atoms with Crippen molar-refractivity contribution in [2.45, 2.75) is 33.1 Å². The van der Waals surface area contributed by atoms with Crippen LogP contribution in [0.25, 0.3) is 11.1 Å². The van der Waals surface area contributed by atoms with Crippen LogP contribution in [0.1, 0.15) is 42.1 Å². The van der Waals surface area contributed by atoms with E-state index in [0.29, 0.717) is 37.1 Å². The molecule has 1 aliphatic rings. The summed E-state index contributed by atoms with van der Waals surface area (Å²) in [5.74, 6) is -1.61. The van der Waals surface area contributed by atoms with Crippen LogP contribution < -0.4 is 4.72 Å². The molecule has 3 rings (SSSR count). The molecule has 1 heterocycles. The van der Waals surface area contributed by atoms with Crippen molar-refractivity contribution >= 4 is 21.7 Å². The monoisotopic (exact) mass is 460 g/mol. The smallest absolute Gasteiger partial charge is 0.222 e. The van der Waals surface area contributed by atoms with Gasteiger partial charge in [-0.2, -0.15) is 0 Å². The molecule has 2 aromatic carbocycles. The highest BCUT2D eigenvalue weighted by Gasteiger charge is 2.27. The summed E-state index contributed by atoms with van der Waals surface area (Å²) in [6, 6.07) is 12.4. The molecule has 1 N–H and O–H groups in total. The Hall–Kier alpha value is -2.58. The fourth-order valence-corrected chi connectivity index (χ4v) is 5.42. The predicted molar refractivity (Wildman–Crippen MR) is 122 cm³/mol. The summed E-state index contributed by atoms with van der Waals surface area (Å²) in [5.41, 5.74) is 1.72. The third-order valence-electron chi connectivity index (χ3n) is 5.74. The number of hydrogen-bond acceptors (Lipinski definition) is 4. The van der Waals surface area contributed by atoms with E-state index in [4.69, 9.17) is 0 Å². The van der Waals surface area contributed by atoms with Gasteiger partial charge in [0.25, 0.3) is 0 Å². The van der Waals surface area contributed by atoms with Gasteiger partial charge in [0.1, 0.15) is 5.82 Å². The van der Waals surface area contributed by atoms with Crippen molar-refractivity contribution in [2.75, 3.05) is 25.4 Å². The van der Waals surface area contributed by atoms with Gasteiger partial charge in [-0.3, -0.25) is 9.59 Å². The molecule has 1 aliphatic heterocycles. The molecule has 2 aromatic rings. The standard InChI is InChI=1S/C24H29FN2O4S/c1-3-23(29)27-11-7-8-18(15-27)16-32(30,31)26-14-22(28)21-13-20(12-17(2)24(21)25)19-9-5-4-6-10-19/h4-6,9-10,12-13,18,26H,3,7-8,11,14-16H2,1-2H3. The molecule has 1 atom stereocenters. The van der Waals surface area contributed by atoms with E-state index in [1.807, 2.05) is 30.3 Å². The SMILES string of the molecule is CCC(=O)N1CCCC(CS(=O)(=O)NCC(=O)c2cc(-c3ccccc3)cc(C)c2F)C1. The van der Waals surface area contributed by atoms with E-state index >= 15 is 0 Å². The first-order chi connectivity index (χ1) is 15.2. The third-order valence-corrected chi connectivity index (χ3v) is 7.24. The van der Waals surface area contributed by atoms with Crippen molar-refractivity contribution in [1.82, 2.24) is 9.62 Å². The number of carbonyl (C=O) groups excluding carboxylic acids is 2. The molecule has 1 amide bonds. The maximum absolute atomic E-state index is 14.7. The van der Waals surface area contributed by atoms with Crippen LogP contribution in [0, 0.1) is 18.7 Å². The second-order valence-electron chi connectivity index (χ2n) is 8.25. The molecular weight excluding hydrogens is 431 g/mol. The van der Waals surface area contributed by atoms with Gasteiger partial charge in [0.05, 0.1) is 17.9 Å². The lowest BCUT2D eigenvalue weighted by molar-refractivity contribution is -0.132. The zero-order chi connectivity index (χ0) is 23.3. The lowest BCUT2D eigenvalue weighted by Gasteiger charge is -2.32. The number of carbonyl (C=O) groups is 2. The Bertz CT molecular complexity index is 1090. The quantitative estimate of drug-likeness (QED) is 0.611. The molecule has 0 aliphatic carbocycles. The molecular formula is C24H29FN2O4S. The first kappa shape index (κ1) is 24.1. The van der Waals surface area contributed by atoms with Crippen molar-refractivity contribution in [3.8, 4) is 11.1 Å². The number of rotatable bonds is 8. The lowest BCUT2D eigenvalue weighted by atomic mass is 9.98. The second kappa shape index (κ2) is 10.4. The molecule has 0 aromatic heterocycles. The Morgan fingerprint density at radius 3 is 2.56 bits per heavy atom. The van der Waals surface area contributed by atoms with Crippen LogP contribution in [-0.4, -0.2) is 50.4 Å². The summed E-state index contributed by atoms with van der Waals surface area (Å²) in [5, 5.41) is 0. The number of aryl methyl sites for hydroxylation is 1. The summed E-state index contributed by atoms with van der Waals surface area (Å²) < 4.78 is 42.1. The first-order valence-corrected chi connectivity index (χ1v) is 12.5. The average molecular weight is 461 g/mol. The van der Waals surface area contributed by atoms with Gasteiger partial charge in [0, 0.05) is 19.5 Å². The summed E-state index contributed by atoms with van der Waals surface area (Å²) in [7, 11) is -3.76. The highest BCUT2D eigenvalue weighted by atomic mass is 32.2. The van der Waals surface area contributed by atoms with Crippen LogP contribution in [0.5, 0.6) is 0 Å². The molecule has 1 unspecified atom stereocenters. The van der Waals surface area contributed by atoms with E-state index in [2.05, 4.69) is 4.72 Å². The summed E-state index contributed by atoms with van der Waals surface area (Å²) >= 11 is 0. The summed E-state index contributed by atoms with van der Waals surface area (Å²) in [6.07, 6.45) is 1.84. The number of nitrogens with zero attached hydrogens (tertiary/aromatic N) is 1. The van der Waals surface area contributed by atoms with E-state index in [9.17, 15) is 22.4 Å². The Morgan fingerprint density at radius 1 is 1.16 bits per heavy atom. The number of benzene rings is 2. The number of piperidine rings is 1. The first-order valence-electron chi connectivity index (χ1n) is 10.8. The second-order valence-corrected chi connectivity index (χ2v) is 10.1. The number of amides is 1. The molecule has 32 heavy (non-hydrogen) atoms. The zero-order valence-corrected chi connectivity index (χ0v) is 19.3. The number of Topliss-reactive ketones (excluding diaryl/α,β-unsaturated/α-hetero) is 1. The normalized spacial score (nSPS) is 16.7. The number of halogens is 1. The fraction of sp³-hybridized carbons (Fsp3) is 0.417. The van der Waals surface area contributed by atoms with Gasteiger partial charge in [-0.05, 0) is 54.5 Å². The van der Waals surface area contributed by atoms with E-state index in [-0.39, 0.29) is 23.1 Å². The Kier molecular flexibility index (Phi) is 7.79. The van der Waals surface area contributed by atoms with Crippen molar-refractivity contribution < 1.29 is 22.4 Å². The number of nitrogens with one attached hydrogen (secondary N) is 1. The minimum atomic E-state index is -3.76. The van der Waals surface area contributed by atoms with Crippen LogP contribution >= 0.6 is 0 Å². The Labute approximate surface area is 188 Å². The van der Waals surface area contributed by atoms with E-state index in [0.717, 1.165) is 12.0 Å². The number of likely N-dealkylation sites (tertiary alicyclic amines) is 1. The molecule has 0 spiro atoms. The molecule has 1 fully saturated rings. The molecule has 6 nitrogen and oxygen atoms in total. The van der Waals surface area contributed by atoms with Crippen LogP contribution in [0.2, 0.25) is 0 Å². The molecule has 172 valence electrons. The molecule has 0 bridgehead atoms. The molecule has 0 radical (unpaired) electrons. The Morgan fingerprint density at radius 2 is 1.88 bits per heavy atom. The van der Waals surface area contributed by atoms with E-state index < -0.39 is 28.2 Å². The van der Waals surface area contributed by atoms with Crippen LogP contribution in [-0.2, 0) is 14.8 Å². The van der Waals surface area contributed by atoms with Gasteiger partial charge in [-0.15, -0.1) is 0 Å². The number of ketones is 1. The van der Waals surface area contributed by atoms with Gasteiger partial charge in [0.2, 0.25) is 15.9 Å². The zero-order valence-electron chi connectivity index (χ0n) is 18.4. The molecule has 8 heteroatoms. The predicted octanol–water partition coefficient (Wildman–Crippen LogP) is 3.55. The third kappa shape index (κ3) is 6.01. The molecule has 0 saturated carbocycles. The minimum Gasteiger partial charge on any atom is -0.342 e. The van der Waals surface area contributed by atoms with Crippen LogP contribution in [0.3, 0.4) is 0 Å². The summed E-state index contributed by atoms with van der Waals surface area (Å²) in [4.78, 5) is 26.3. The van der Waals surface area contributed by atoms with Gasteiger partial charge >= 0.3 is 0 Å². The topological polar surface area (TPSA) is 83.6 Å². The van der Waals surface area contributed by atoms with Gasteiger partial charge in [-0.1, -0.05) is 37.3 Å². The van der Waals surface area contributed by atoms with Gasteiger partial charge < -0.3 is 4.90 Å². The van der Waals surface area contributed by atoms with Crippen molar-refractivity contribution in [2.24, 2.45) is 5.92 Å². The van der Waals surface area contributed by atoms with Crippen molar-refractivity contribution in [3.63, 3.8) is 0 Å². The van der Waals surface area contributed by atoms with E-state index in [1.54, 1.807) is 24.8 Å². The van der Waals surface area contributed by atoms with Gasteiger partial charge in [0.15, 0.2) is 5.78 Å². The maximum atomic E-state index is 14.7. The van der Waals surface area contributed by atoms with Crippen molar-refractivity contribution in [1.29, 1.82) is 0 Å². The minimum absolute atomic E-state index is 0.0133. The van der Waals surface area contributed by atoms with Gasteiger partial charge in [-0.25, -0.2) is 17.5 Å². The maximum Gasteiger partial charge on any atom is 0.222 e. The lowest BCUT2D eigenvalue weighted by Crippen LogP contribution is -2.43. The van der Waals surface area contributed by atoms with Crippen LogP contribution in [0.15, 0.2) is 42.5 Å². The average Bonchev–Trinajstić information content (AvgIpc) is 2.79. The fourth-order valence-electron chi connectivity index (χ4n) is 4.06. The van der Waals surface area contributed by atoms with E-state index in [1.165, 1.54) is 6.07 Å². The highest BCUT2D eigenvalue weighted by Crippen LogP contribution is 2.25. The molecule has 1 saturated heterocycles. The Balaban J connectivity index is 1.67. The van der Waals surface area contributed by atoms with Crippen LogP contribution in [0.4, 0.5) is 4.39 Å². The highest BCUT2D eigenvalue weighted by molar-refractivity contribution is 7.89. The van der Waals surface area contributed by atoms with Crippen molar-refractivity contribution in [3.05, 3.63) is 59.4 Å².